The zero-order valence-corrected chi connectivity index (χ0v) is 20.3. The molecule has 1 aliphatic heterocycles. The molecule has 9 heteroatoms. The average molecular weight is 466 g/mol. The smallest absolute Gasteiger partial charge is 0.319 e. The van der Waals surface area contributed by atoms with Crippen LogP contribution in [-0.4, -0.2) is 65.1 Å². The molecule has 0 spiro atoms. The van der Waals surface area contributed by atoms with Crippen molar-refractivity contribution in [1.82, 2.24) is 25.0 Å². The number of likely N-dealkylation sites (N-methyl/N-ethyl adjacent to an activating group) is 1. The number of nitrogens with zero attached hydrogens (tertiary/aromatic N) is 4. The van der Waals surface area contributed by atoms with Crippen molar-refractivity contribution in [1.29, 1.82) is 0 Å². The Bertz CT molecular complexity index is 1120. The summed E-state index contributed by atoms with van der Waals surface area (Å²) in [6, 6.07) is 10.3. The highest BCUT2D eigenvalue weighted by molar-refractivity contribution is 6.00. The molecule has 4 N–H and O–H groups in total. The number of amides is 2. The van der Waals surface area contributed by atoms with Gasteiger partial charge in [-0.2, -0.15) is 5.10 Å². The summed E-state index contributed by atoms with van der Waals surface area (Å²) in [7, 11) is 2.06. The molecule has 0 bridgehead atoms. The van der Waals surface area contributed by atoms with Gasteiger partial charge in [0.2, 0.25) is 0 Å². The maximum atomic E-state index is 12.8. The van der Waals surface area contributed by atoms with E-state index in [0.29, 0.717) is 25.4 Å². The number of urea groups is 1. The van der Waals surface area contributed by atoms with Gasteiger partial charge in [0.25, 0.3) is 0 Å². The van der Waals surface area contributed by atoms with E-state index in [9.17, 15) is 4.79 Å². The lowest BCUT2D eigenvalue weighted by Gasteiger charge is -2.23. The summed E-state index contributed by atoms with van der Waals surface area (Å²) in [5.74, 6) is 0. The molecule has 1 aliphatic rings. The summed E-state index contributed by atoms with van der Waals surface area (Å²) in [5.41, 5.74) is 10.1. The van der Waals surface area contributed by atoms with Gasteiger partial charge < -0.3 is 26.0 Å². The van der Waals surface area contributed by atoms with Crippen molar-refractivity contribution in [2.75, 3.05) is 38.7 Å². The second kappa shape index (κ2) is 10.9. The molecule has 0 aliphatic carbocycles. The molecule has 182 valence electrons. The Labute approximate surface area is 200 Å². The number of rotatable bonds is 8. The standard InChI is InChI=1S/C25H35N7O2/c1-17(2)32-24-21(15-27-32)23(30-25(33)28-20-7-11-34-12-8-20)14-22(29-24)19-6-4-5-18(13-19)16-31(3)10-9-26/h4-6,13-15,17,20H,7-12,16,26H2,1-3H3,(H2,28,29,30,33). The van der Waals surface area contributed by atoms with Crippen molar-refractivity contribution in [3.8, 4) is 11.3 Å². The van der Waals surface area contributed by atoms with Crippen LogP contribution in [-0.2, 0) is 11.3 Å². The molecule has 2 aromatic heterocycles. The number of fused-ring (bicyclic) bond motifs is 1. The molecule has 2 amide bonds. The second-order valence-corrected chi connectivity index (χ2v) is 9.19. The van der Waals surface area contributed by atoms with Crippen molar-refractivity contribution in [3.05, 3.63) is 42.1 Å². The molecule has 1 aromatic carbocycles. The molecule has 0 saturated carbocycles. The first-order valence-corrected chi connectivity index (χ1v) is 12.0. The topological polar surface area (TPSA) is 110 Å². The van der Waals surface area contributed by atoms with E-state index < -0.39 is 0 Å². The molecule has 3 aromatic rings. The maximum Gasteiger partial charge on any atom is 0.319 e. The van der Waals surface area contributed by atoms with Gasteiger partial charge in [0.05, 0.1) is 23.0 Å². The van der Waals surface area contributed by atoms with Gasteiger partial charge in [0, 0.05) is 50.5 Å². The summed E-state index contributed by atoms with van der Waals surface area (Å²) in [5, 5.41) is 11.5. The van der Waals surface area contributed by atoms with Gasteiger partial charge in [-0.15, -0.1) is 0 Å². The predicted molar refractivity (Wildman–Crippen MR) is 135 cm³/mol. The van der Waals surface area contributed by atoms with E-state index in [4.69, 9.17) is 15.5 Å². The molecule has 3 heterocycles. The number of nitrogens with one attached hydrogen (secondary N) is 2. The zero-order valence-electron chi connectivity index (χ0n) is 20.3. The summed E-state index contributed by atoms with van der Waals surface area (Å²) < 4.78 is 7.28. The number of ether oxygens (including phenoxy) is 1. The van der Waals surface area contributed by atoms with E-state index in [-0.39, 0.29) is 18.1 Å². The largest absolute Gasteiger partial charge is 0.381 e. The highest BCUT2D eigenvalue weighted by Gasteiger charge is 2.19. The lowest BCUT2D eigenvalue weighted by atomic mass is 10.1. The minimum Gasteiger partial charge on any atom is -0.381 e. The SMILES string of the molecule is CC(C)n1ncc2c(NC(=O)NC3CCOCC3)cc(-c3cccc(CN(C)CCN)c3)nc21. The molecule has 0 unspecified atom stereocenters. The van der Waals surface area contributed by atoms with Crippen molar-refractivity contribution in [2.24, 2.45) is 5.73 Å². The number of carbonyl (C=O) groups excluding carboxylic acids is 1. The fourth-order valence-corrected chi connectivity index (χ4v) is 4.27. The lowest BCUT2D eigenvalue weighted by Crippen LogP contribution is -2.41. The molecule has 4 rings (SSSR count). The Kier molecular flexibility index (Phi) is 7.77. The van der Waals surface area contributed by atoms with Gasteiger partial charge >= 0.3 is 6.03 Å². The fraction of sp³-hybridized carbons (Fsp3) is 0.480. The van der Waals surface area contributed by atoms with E-state index >= 15 is 0 Å². The first-order valence-electron chi connectivity index (χ1n) is 12.0. The van der Waals surface area contributed by atoms with Crippen molar-refractivity contribution >= 4 is 22.8 Å². The number of pyridine rings is 1. The summed E-state index contributed by atoms with van der Waals surface area (Å²) in [6.45, 7) is 7.74. The number of nitrogens with two attached hydrogens (primary N) is 1. The summed E-state index contributed by atoms with van der Waals surface area (Å²) in [6.07, 6.45) is 3.41. The first kappa shape index (κ1) is 24.1. The third-order valence-electron chi connectivity index (χ3n) is 6.05. The van der Waals surface area contributed by atoms with E-state index in [0.717, 1.165) is 48.2 Å². The van der Waals surface area contributed by atoms with E-state index in [1.165, 1.54) is 5.56 Å². The quantitative estimate of drug-likeness (QED) is 0.470. The minimum absolute atomic E-state index is 0.117. The number of aromatic nitrogens is 3. The highest BCUT2D eigenvalue weighted by atomic mass is 16.5. The Morgan fingerprint density at radius 3 is 2.82 bits per heavy atom. The number of anilines is 1. The fourth-order valence-electron chi connectivity index (χ4n) is 4.27. The molecule has 0 atom stereocenters. The third kappa shape index (κ3) is 5.72. The van der Waals surface area contributed by atoms with E-state index in [1.807, 2.05) is 22.9 Å². The zero-order chi connectivity index (χ0) is 24.1. The minimum atomic E-state index is -0.222. The van der Waals surface area contributed by atoms with Crippen LogP contribution in [0.3, 0.4) is 0 Å². The van der Waals surface area contributed by atoms with Crippen molar-refractivity contribution in [2.45, 2.75) is 45.3 Å². The van der Waals surface area contributed by atoms with Crippen molar-refractivity contribution in [3.63, 3.8) is 0 Å². The Hall–Kier alpha value is -3.01. The van der Waals surface area contributed by atoms with Gasteiger partial charge in [-0.3, -0.25) is 0 Å². The van der Waals surface area contributed by atoms with E-state index in [1.54, 1.807) is 6.20 Å². The van der Waals surface area contributed by atoms with Crippen molar-refractivity contribution < 1.29 is 9.53 Å². The van der Waals surface area contributed by atoms with Gasteiger partial charge in [-0.25, -0.2) is 14.5 Å². The number of carbonyl (C=O) groups is 1. The predicted octanol–water partition coefficient (Wildman–Crippen LogP) is 3.37. The Morgan fingerprint density at radius 2 is 2.09 bits per heavy atom. The van der Waals surface area contributed by atoms with Gasteiger partial charge in [0.15, 0.2) is 5.65 Å². The summed E-state index contributed by atoms with van der Waals surface area (Å²) in [4.78, 5) is 20.0. The molecule has 0 radical (unpaired) electrons. The molecular weight excluding hydrogens is 430 g/mol. The molecule has 34 heavy (non-hydrogen) atoms. The van der Waals surface area contributed by atoms with E-state index in [2.05, 4.69) is 53.7 Å². The number of benzene rings is 1. The average Bonchev–Trinajstić information content (AvgIpc) is 3.25. The molecule has 1 saturated heterocycles. The van der Waals surface area contributed by atoms with Crippen LogP contribution in [0.5, 0.6) is 0 Å². The first-order chi connectivity index (χ1) is 16.4. The molecule has 1 fully saturated rings. The van der Waals surface area contributed by atoms with Gasteiger partial charge in [-0.05, 0) is 51.4 Å². The van der Waals surface area contributed by atoms with Gasteiger partial charge in [-0.1, -0.05) is 18.2 Å². The van der Waals surface area contributed by atoms with Crippen LogP contribution in [0.4, 0.5) is 10.5 Å². The second-order valence-electron chi connectivity index (χ2n) is 9.19. The molecular formula is C25H35N7O2. The Morgan fingerprint density at radius 1 is 1.29 bits per heavy atom. The van der Waals surface area contributed by atoms with Crippen LogP contribution < -0.4 is 16.4 Å². The number of hydrogen-bond acceptors (Lipinski definition) is 6. The summed E-state index contributed by atoms with van der Waals surface area (Å²) >= 11 is 0. The van der Waals surface area contributed by atoms with Crippen LogP contribution in [0.2, 0.25) is 0 Å². The van der Waals surface area contributed by atoms with Gasteiger partial charge in [0.1, 0.15) is 0 Å². The molecule has 9 nitrogen and oxygen atoms in total. The maximum absolute atomic E-state index is 12.8. The Balaban J connectivity index is 1.66. The number of hydrogen-bond donors (Lipinski definition) is 3. The van der Waals surface area contributed by atoms with Crippen LogP contribution in [0.1, 0.15) is 38.3 Å². The monoisotopic (exact) mass is 465 g/mol. The van der Waals surface area contributed by atoms with Crippen LogP contribution in [0, 0.1) is 0 Å². The normalized spacial score (nSPS) is 14.8. The third-order valence-corrected chi connectivity index (χ3v) is 6.05. The lowest BCUT2D eigenvalue weighted by molar-refractivity contribution is 0.0806. The van der Waals surface area contributed by atoms with Crippen LogP contribution in [0.15, 0.2) is 36.5 Å². The van der Waals surface area contributed by atoms with Crippen LogP contribution in [0.25, 0.3) is 22.3 Å². The van der Waals surface area contributed by atoms with Crippen LogP contribution >= 0.6 is 0 Å². The highest BCUT2D eigenvalue weighted by Crippen LogP contribution is 2.30.